The predicted octanol–water partition coefficient (Wildman–Crippen LogP) is 3.73. The Kier molecular flexibility index (Phi) is 3.94. The minimum absolute atomic E-state index is 0.181. The van der Waals surface area contributed by atoms with Crippen molar-refractivity contribution in [3.63, 3.8) is 0 Å². The van der Waals surface area contributed by atoms with E-state index >= 15 is 0 Å². The van der Waals surface area contributed by atoms with Crippen molar-refractivity contribution < 1.29 is 13.9 Å². The third-order valence-corrected chi connectivity index (χ3v) is 3.76. The minimum atomic E-state index is -0.349. The Hall–Kier alpha value is -2.56. The van der Waals surface area contributed by atoms with E-state index in [1.807, 2.05) is 48.4 Å². The number of carbonyl (C=O) groups excluding carboxylic acids is 1. The van der Waals surface area contributed by atoms with Gasteiger partial charge in [-0.05, 0) is 43.7 Å². The summed E-state index contributed by atoms with van der Waals surface area (Å²) in [5.74, 6) is -0.621. The first kappa shape index (κ1) is 15.3. The molecular formula is C18H19FN2O2. The Morgan fingerprint density at radius 3 is 2.52 bits per heavy atom. The molecule has 1 aromatic carbocycles. The zero-order valence-corrected chi connectivity index (χ0v) is 13.4. The third-order valence-electron chi connectivity index (χ3n) is 3.76. The van der Waals surface area contributed by atoms with Gasteiger partial charge >= 0.3 is 5.97 Å². The van der Waals surface area contributed by atoms with Crippen LogP contribution in [-0.4, -0.2) is 21.2 Å². The van der Waals surface area contributed by atoms with Gasteiger partial charge < -0.3 is 13.9 Å². The van der Waals surface area contributed by atoms with Gasteiger partial charge in [0.2, 0.25) is 0 Å². The molecule has 0 saturated heterocycles. The third kappa shape index (κ3) is 2.99. The van der Waals surface area contributed by atoms with Gasteiger partial charge in [0.05, 0.1) is 17.1 Å². The highest BCUT2D eigenvalue weighted by Crippen LogP contribution is 2.23. The van der Waals surface area contributed by atoms with E-state index in [2.05, 4.69) is 0 Å². The van der Waals surface area contributed by atoms with Crippen LogP contribution in [0, 0.1) is 5.82 Å². The summed E-state index contributed by atoms with van der Waals surface area (Å²) in [4.78, 5) is 12.4. The molecule has 2 heterocycles. The van der Waals surface area contributed by atoms with Crippen LogP contribution in [0.2, 0.25) is 0 Å². The Morgan fingerprint density at radius 1 is 1.17 bits per heavy atom. The van der Waals surface area contributed by atoms with E-state index in [4.69, 9.17) is 4.74 Å². The normalized spacial score (nSPS) is 11.3. The molecule has 3 aromatic rings. The summed E-state index contributed by atoms with van der Waals surface area (Å²) in [6, 6.07) is 10.1. The molecule has 3 rings (SSSR count). The van der Waals surface area contributed by atoms with Crippen molar-refractivity contribution in [1.29, 1.82) is 0 Å². The van der Waals surface area contributed by atoms with E-state index in [0.717, 1.165) is 16.6 Å². The summed E-state index contributed by atoms with van der Waals surface area (Å²) >= 11 is 0. The fourth-order valence-electron chi connectivity index (χ4n) is 2.66. The molecule has 5 heteroatoms. The standard InChI is InChI=1S/C18H19FN2O2/c1-12(2)23-18(22)17-10-16-15(8-9-20(16)3)21(17)11-13-4-6-14(19)7-5-13/h4-10,12H,11H2,1-3H3. The van der Waals surface area contributed by atoms with Gasteiger partial charge in [-0.1, -0.05) is 12.1 Å². The molecule has 0 fully saturated rings. The molecule has 0 N–H and O–H groups in total. The first-order valence-electron chi connectivity index (χ1n) is 7.55. The number of esters is 1. The number of hydrogen-bond donors (Lipinski definition) is 0. The first-order chi connectivity index (χ1) is 11.0. The minimum Gasteiger partial charge on any atom is -0.458 e. The van der Waals surface area contributed by atoms with E-state index in [-0.39, 0.29) is 17.9 Å². The Labute approximate surface area is 134 Å². The molecule has 23 heavy (non-hydrogen) atoms. The van der Waals surface area contributed by atoms with Gasteiger partial charge in [-0.15, -0.1) is 0 Å². The van der Waals surface area contributed by atoms with Gasteiger partial charge in [0.25, 0.3) is 0 Å². The van der Waals surface area contributed by atoms with Crippen LogP contribution in [-0.2, 0) is 18.3 Å². The lowest BCUT2D eigenvalue weighted by Crippen LogP contribution is -2.16. The topological polar surface area (TPSA) is 36.2 Å². The summed E-state index contributed by atoms with van der Waals surface area (Å²) in [6.07, 6.45) is 1.77. The monoisotopic (exact) mass is 314 g/mol. The summed E-state index contributed by atoms with van der Waals surface area (Å²) in [6.45, 7) is 4.13. The van der Waals surface area contributed by atoms with Gasteiger partial charge in [-0.3, -0.25) is 0 Å². The lowest BCUT2D eigenvalue weighted by molar-refractivity contribution is 0.0366. The van der Waals surface area contributed by atoms with Crippen molar-refractivity contribution in [2.75, 3.05) is 0 Å². The maximum absolute atomic E-state index is 13.1. The molecule has 0 aliphatic carbocycles. The second kappa shape index (κ2) is 5.91. The van der Waals surface area contributed by atoms with Gasteiger partial charge in [0.15, 0.2) is 0 Å². The lowest BCUT2D eigenvalue weighted by atomic mass is 10.2. The molecule has 0 aliphatic rings. The average Bonchev–Trinajstić information content (AvgIpc) is 3.02. The molecule has 0 aliphatic heterocycles. The molecule has 2 aromatic heterocycles. The van der Waals surface area contributed by atoms with E-state index in [1.165, 1.54) is 12.1 Å². The molecule has 0 radical (unpaired) electrons. The van der Waals surface area contributed by atoms with Crippen molar-refractivity contribution in [2.24, 2.45) is 7.05 Å². The van der Waals surface area contributed by atoms with Crippen molar-refractivity contribution in [2.45, 2.75) is 26.5 Å². The van der Waals surface area contributed by atoms with Crippen LogP contribution < -0.4 is 0 Å². The number of halogens is 1. The van der Waals surface area contributed by atoms with E-state index in [1.54, 1.807) is 12.1 Å². The molecule has 0 bridgehead atoms. The van der Waals surface area contributed by atoms with Crippen LogP contribution in [0.4, 0.5) is 4.39 Å². The summed E-state index contributed by atoms with van der Waals surface area (Å²) in [7, 11) is 1.93. The SMILES string of the molecule is CC(C)OC(=O)c1cc2c(ccn2C)n1Cc1ccc(F)cc1. The van der Waals surface area contributed by atoms with Crippen molar-refractivity contribution in [1.82, 2.24) is 9.13 Å². The van der Waals surface area contributed by atoms with E-state index in [0.29, 0.717) is 12.2 Å². The first-order valence-corrected chi connectivity index (χ1v) is 7.55. The quantitative estimate of drug-likeness (QED) is 0.688. The Bertz CT molecular complexity index is 844. The molecule has 0 unspecified atom stereocenters. The molecule has 4 nitrogen and oxygen atoms in total. The van der Waals surface area contributed by atoms with Crippen molar-refractivity contribution in [3.8, 4) is 0 Å². The van der Waals surface area contributed by atoms with Crippen LogP contribution in [0.1, 0.15) is 29.9 Å². The molecule has 0 atom stereocenters. The molecule has 0 amide bonds. The fraction of sp³-hybridized carbons (Fsp3) is 0.278. The van der Waals surface area contributed by atoms with Gasteiger partial charge in [0.1, 0.15) is 11.5 Å². The fourth-order valence-corrected chi connectivity index (χ4v) is 2.66. The smallest absolute Gasteiger partial charge is 0.355 e. The van der Waals surface area contributed by atoms with E-state index in [9.17, 15) is 9.18 Å². The number of fused-ring (bicyclic) bond motifs is 1. The Morgan fingerprint density at radius 2 is 1.87 bits per heavy atom. The largest absolute Gasteiger partial charge is 0.458 e. The molecular weight excluding hydrogens is 295 g/mol. The van der Waals surface area contributed by atoms with Crippen molar-refractivity contribution >= 4 is 17.0 Å². The average molecular weight is 314 g/mol. The van der Waals surface area contributed by atoms with Crippen molar-refractivity contribution in [3.05, 3.63) is 59.7 Å². The number of benzene rings is 1. The zero-order valence-electron chi connectivity index (χ0n) is 13.4. The summed E-state index contributed by atoms with van der Waals surface area (Å²) < 4.78 is 22.3. The molecule has 0 saturated carbocycles. The number of aromatic nitrogens is 2. The number of rotatable bonds is 4. The molecule has 120 valence electrons. The van der Waals surface area contributed by atoms with Crippen LogP contribution in [0.3, 0.4) is 0 Å². The van der Waals surface area contributed by atoms with Crippen LogP contribution in [0.25, 0.3) is 11.0 Å². The maximum Gasteiger partial charge on any atom is 0.355 e. The summed E-state index contributed by atoms with van der Waals surface area (Å²) in [5.41, 5.74) is 3.34. The number of ether oxygens (including phenoxy) is 1. The highest BCUT2D eigenvalue weighted by Gasteiger charge is 2.19. The number of carbonyl (C=O) groups is 1. The number of aryl methyl sites for hydroxylation is 1. The highest BCUT2D eigenvalue weighted by atomic mass is 19.1. The zero-order chi connectivity index (χ0) is 16.6. The second-order valence-electron chi connectivity index (χ2n) is 5.89. The van der Waals surface area contributed by atoms with Crippen LogP contribution in [0.5, 0.6) is 0 Å². The van der Waals surface area contributed by atoms with Gasteiger partial charge in [-0.2, -0.15) is 0 Å². The highest BCUT2D eigenvalue weighted by molar-refractivity contribution is 5.95. The van der Waals surface area contributed by atoms with Crippen LogP contribution in [0.15, 0.2) is 42.6 Å². The maximum atomic E-state index is 13.1. The Balaban J connectivity index is 2.05. The van der Waals surface area contributed by atoms with Gasteiger partial charge in [-0.25, -0.2) is 9.18 Å². The second-order valence-corrected chi connectivity index (χ2v) is 5.89. The predicted molar refractivity (Wildman–Crippen MR) is 87.0 cm³/mol. The van der Waals surface area contributed by atoms with Gasteiger partial charge in [0, 0.05) is 19.8 Å². The molecule has 0 spiro atoms. The van der Waals surface area contributed by atoms with E-state index < -0.39 is 0 Å². The number of nitrogens with zero attached hydrogens (tertiary/aromatic N) is 2. The van der Waals surface area contributed by atoms with Crippen LogP contribution >= 0.6 is 0 Å². The lowest BCUT2D eigenvalue weighted by Gasteiger charge is -2.12. The number of hydrogen-bond acceptors (Lipinski definition) is 2. The summed E-state index contributed by atoms with van der Waals surface area (Å²) in [5, 5.41) is 0.